The van der Waals surface area contributed by atoms with Crippen LogP contribution in [0, 0.1) is 0 Å². The van der Waals surface area contributed by atoms with E-state index in [0.717, 1.165) is 23.0 Å². The quantitative estimate of drug-likeness (QED) is 0.868. The Labute approximate surface area is 109 Å². The van der Waals surface area contributed by atoms with Gasteiger partial charge in [-0.15, -0.1) is 5.10 Å². The highest BCUT2D eigenvalue weighted by atomic mass is 16.7. The number of fused-ring (bicyclic) bond motifs is 1. The minimum Gasteiger partial charge on any atom is -0.454 e. The lowest BCUT2D eigenvalue weighted by molar-refractivity contribution is 0.174. The van der Waals surface area contributed by atoms with Crippen molar-refractivity contribution >= 4 is 0 Å². The zero-order valence-corrected chi connectivity index (χ0v) is 10.2. The molecular weight excluding hydrogens is 246 g/mol. The lowest BCUT2D eigenvalue weighted by Crippen LogP contribution is -2.18. The molecule has 2 aliphatic rings. The Morgan fingerprint density at radius 1 is 1.26 bits per heavy atom. The average Bonchev–Trinajstić information content (AvgIpc) is 2.97. The number of tetrazole rings is 1. The van der Waals surface area contributed by atoms with Crippen LogP contribution in [0.4, 0.5) is 0 Å². The highest BCUT2D eigenvalue weighted by molar-refractivity contribution is 5.49. The van der Waals surface area contributed by atoms with Gasteiger partial charge in [-0.05, 0) is 35.4 Å². The molecule has 0 unspecified atom stereocenters. The highest BCUT2D eigenvalue weighted by Crippen LogP contribution is 2.33. The first-order valence-corrected chi connectivity index (χ1v) is 6.31. The topological polar surface area (TPSA) is 74.1 Å². The van der Waals surface area contributed by atoms with Crippen LogP contribution in [0.3, 0.4) is 0 Å². The van der Waals surface area contributed by atoms with E-state index in [9.17, 15) is 0 Å². The van der Waals surface area contributed by atoms with Gasteiger partial charge in [-0.2, -0.15) is 4.68 Å². The van der Waals surface area contributed by atoms with Crippen LogP contribution in [0.15, 0.2) is 18.2 Å². The molecule has 0 radical (unpaired) electrons. The van der Waals surface area contributed by atoms with Gasteiger partial charge in [0.1, 0.15) is 0 Å². The summed E-state index contributed by atoms with van der Waals surface area (Å²) in [6.07, 6.45) is 2.48. The van der Waals surface area contributed by atoms with Crippen molar-refractivity contribution in [3.05, 3.63) is 24.0 Å². The van der Waals surface area contributed by atoms with E-state index < -0.39 is 0 Å². The Bertz CT molecular complexity index is 608. The number of ether oxygens (including phenoxy) is 2. The molecular formula is C12H13N5O2. The number of hydrogen-bond donors (Lipinski definition) is 1. The minimum atomic E-state index is 0.268. The fourth-order valence-electron chi connectivity index (χ4n) is 2.06. The fourth-order valence-corrected chi connectivity index (χ4v) is 2.06. The van der Waals surface area contributed by atoms with Crippen LogP contribution >= 0.6 is 0 Å². The second-order valence-electron chi connectivity index (χ2n) is 4.70. The molecule has 1 N–H and O–H groups in total. The van der Waals surface area contributed by atoms with Crippen LogP contribution in [-0.4, -0.2) is 33.0 Å². The third kappa shape index (κ3) is 2.01. The van der Waals surface area contributed by atoms with Crippen molar-refractivity contribution in [1.82, 2.24) is 25.5 Å². The van der Waals surface area contributed by atoms with E-state index in [1.165, 1.54) is 12.8 Å². The third-order valence-electron chi connectivity index (χ3n) is 3.26. The summed E-state index contributed by atoms with van der Waals surface area (Å²) in [4.78, 5) is 0. The smallest absolute Gasteiger partial charge is 0.231 e. The predicted molar refractivity (Wildman–Crippen MR) is 65.1 cm³/mol. The summed E-state index contributed by atoms with van der Waals surface area (Å²) < 4.78 is 12.4. The molecule has 2 heterocycles. The van der Waals surface area contributed by atoms with Gasteiger partial charge in [-0.3, -0.25) is 0 Å². The Hall–Kier alpha value is -2.15. The van der Waals surface area contributed by atoms with Crippen LogP contribution in [0.1, 0.15) is 18.7 Å². The maximum atomic E-state index is 5.37. The van der Waals surface area contributed by atoms with Gasteiger partial charge in [-0.25, -0.2) is 0 Å². The number of nitrogens with one attached hydrogen (secondary N) is 1. The van der Waals surface area contributed by atoms with Gasteiger partial charge in [0.15, 0.2) is 17.3 Å². The summed E-state index contributed by atoms with van der Waals surface area (Å²) in [5.41, 5.74) is 0.877. The second-order valence-corrected chi connectivity index (χ2v) is 4.70. The molecule has 0 spiro atoms. The average molecular weight is 259 g/mol. The molecule has 0 saturated heterocycles. The van der Waals surface area contributed by atoms with E-state index >= 15 is 0 Å². The van der Waals surface area contributed by atoms with Gasteiger partial charge in [0.05, 0.1) is 12.2 Å². The van der Waals surface area contributed by atoms with E-state index in [1.807, 2.05) is 18.2 Å². The first-order chi connectivity index (χ1) is 9.40. The molecule has 1 aromatic heterocycles. The van der Waals surface area contributed by atoms with Gasteiger partial charge < -0.3 is 14.8 Å². The number of benzene rings is 1. The van der Waals surface area contributed by atoms with Crippen LogP contribution < -0.4 is 14.8 Å². The van der Waals surface area contributed by atoms with Crippen LogP contribution in [0.25, 0.3) is 5.69 Å². The molecule has 7 heteroatoms. The molecule has 1 aromatic carbocycles. The first-order valence-electron chi connectivity index (χ1n) is 6.31. The maximum absolute atomic E-state index is 5.37. The molecule has 4 rings (SSSR count). The van der Waals surface area contributed by atoms with E-state index in [2.05, 4.69) is 20.8 Å². The lowest BCUT2D eigenvalue weighted by Gasteiger charge is -2.06. The van der Waals surface area contributed by atoms with Crippen molar-refractivity contribution in [2.75, 3.05) is 6.79 Å². The molecule has 0 atom stereocenters. The van der Waals surface area contributed by atoms with Crippen LogP contribution in [0.5, 0.6) is 11.5 Å². The first kappa shape index (κ1) is 10.7. The molecule has 1 aliphatic heterocycles. The second kappa shape index (κ2) is 4.20. The van der Waals surface area contributed by atoms with Crippen LogP contribution in [-0.2, 0) is 6.54 Å². The van der Waals surface area contributed by atoms with E-state index in [0.29, 0.717) is 12.6 Å². The molecule has 0 bridgehead atoms. The van der Waals surface area contributed by atoms with Crippen molar-refractivity contribution in [3.63, 3.8) is 0 Å². The SMILES string of the molecule is c1cc2c(cc1-n1nnnc1CNC1CC1)OCO2. The summed E-state index contributed by atoms with van der Waals surface area (Å²) >= 11 is 0. The summed E-state index contributed by atoms with van der Waals surface area (Å²) in [6.45, 7) is 0.941. The molecule has 1 fully saturated rings. The van der Waals surface area contributed by atoms with Gasteiger partial charge in [0.25, 0.3) is 0 Å². The van der Waals surface area contributed by atoms with Crippen LogP contribution in [0.2, 0.25) is 0 Å². The molecule has 1 aliphatic carbocycles. The zero-order chi connectivity index (χ0) is 12.7. The Morgan fingerprint density at radius 2 is 2.16 bits per heavy atom. The van der Waals surface area contributed by atoms with E-state index in [4.69, 9.17) is 9.47 Å². The third-order valence-corrected chi connectivity index (χ3v) is 3.26. The standard InChI is InChI=1S/C12H13N5O2/c1-2-8(1)13-6-12-14-15-16-17(12)9-3-4-10-11(5-9)19-7-18-10/h3-5,8,13H,1-2,6-7H2. The van der Waals surface area contributed by atoms with Gasteiger partial charge in [0, 0.05) is 12.1 Å². The molecule has 98 valence electrons. The number of aromatic nitrogens is 4. The molecule has 1 saturated carbocycles. The fraction of sp³-hybridized carbons (Fsp3) is 0.417. The van der Waals surface area contributed by atoms with Gasteiger partial charge >= 0.3 is 0 Å². The summed E-state index contributed by atoms with van der Waals surface area (Å²) in [5.74, 6) is 2.29. The highest BCUT2D eigenvalue weighted by Gasteiger charge is 2.22. The number of rotatable bonds is 4. The van der Waals surface area contributed by atoms with Crippen molar-refractivity contribution in [2.24, 2.45) is 0 Å². The van der Waals surface area contributed by atoms with E-state index in [-0.39, 0.29) is 6.79 Å². The summed E-state index contributed by atoms with van der Waals surface area (Å²) in [6, 6.07) is 6.31. The summed E-state index contributed by atoms with van der Waals surface area (Å²) in [5, 5.41) is 15.2. The van der Waals surface area contributed by atoms with Crippen molar-refractivity contribution in [1.29, 1.82) is 0 Å². The monoisotopic (exact) mass is 259 g/mol. The number of hydrogen-bond acceptors (Lipinski definition) is 6. The maximum Gasteiger partial charge on any atom is 0.231 e. The molecule has 2 aromatic rings. The van der Waals surface area contributed by atoms with Crippen molar-refractivity contribution in [3.8, 4) is 17.2 Å². The molecule has 19 heavy (non-hydrogen) atoms. The van der Waals surface area contributed by atoms with Crippen molar-refractivity contribution < 1.29 is 9.47 Å². The zero-order valence-electron chi connectivity index (χ0n) is 10.2. The minimum absolute atomic E-state index is 0.268. The lowest BCUT2D eigenvalue weighted by atomic mass is 10.3. The predicted octanol–water partition coefficient (Wildman–Crippen LogP) is 0.643. The Morgan fingerprint density at radius 3 is 3.05 bits per heavy atom. The largest absolute Gasteiger partial charge is 0.454 e. The Kier molecular flexibility index (Phi) is 2.37. The van der Waals surface area contributed by atoms with E-state index in [1.54, 1.807) is 4.68 Å². The molecule has 7 nitrogen and oxygen atoms in total. The van der Waals surface area contributed by atoms with Crippen molar-refractivity contribution in [2.45, 2.75) is 25.4 Å². The van der Waals surface area contributed by atoms with Gasteiger partial charge in [-0.1, -0.05) is 0 Å². The van der Waals surface area contributed by atoms with Gasteiger partial charge in [0.2, 0.25) is 6.79 Å². The Balaban J connectivity index is 1.62. The normalized spacial score (nSPS) is 16.8. The number of nitrogens with zero attached hydrogens (tertiary/aromatic N) is 4. The molecule has 0 amide bonds. The summed E-state index contributed by atoms with van der Waals surface area (Å²) in [7, 11) is 0.